The van der Waals surface area contributed by atoms with Gasteiger partial charge in [0.15, 0.2) is 0 Å². The monoisotopic (exact) mass is 376 g/mol. The summed E-state index contributed by atoms with van der Waals surface area (Å²) in [5.74, 6) is -0.318. The summed E-state index contributed by atoms with van der Waals surface area (Å²) in [6.07, 6.45) is 4.64. The summed E-state index contributed by atoms with van der Waals surface area (Å²) in [6.45, 7) is 5.15. The average Bonchev–Trinajstić information content (AvgIpc) is 2.39. The minimum atomic E-state index is -0.852. The van der Waals surface area contributed by atoms with Crippen molar-refractivity contribution in [2.45, 2.75) is 52.4 Å². The van der Waals surface area contributed by atoms with Crippen LogP contribution in [0.4, 0.5) is 0 Å². The average molecular weight is 375 g/mol. The van der Waals surface area contributed by atoms with Crippen LogP contribution in [0.3, 0.4) is 0 Å². The van der Waals surface area contributed by atoms with E-state index in [1.807, 2.05) is 8.04 Å². The van der Waals surface area contributed by atoms with E-state index in [0.717, 1.165) is 25.7 Å². The van der Waals surface area contributed by atoms with Crippen molar-refractivity contribution in [1.82, 2.24) is 0 Å². The first kappa shape index (κ1) is 18.5. The Labute approximate surface area is 125 Å². The molecule has 0 saturated carbocycles. The first-order chi connectivity index (χ1) is 9.20. The molecular weight excluding hydrogens is 351 g/mol. The van der Waals surface area contributed by atoms with Crippen LogP contribution in [0.15, 0.2) is 0 Å². The molecule has 0 fully saturated rings. The third-order valence-corrected chi connectivity index (χ3v) is 4.81. The number of hydrogen-bond donors (Lipinski definition) is 0. The Bertz CT molecular complexity index is 291. The van der Waals surface area contributed by atoms with E-state index in [-0.39, 0.29) is 11.9 Å². The van der Waals surface area contributed by atoms with Crippen molar-refractivity contribution in [3.8, 4) is 0 Å². The van der Waals surface area contributed by atoms with E-state index in [1.54, 1.807) is 0 Å². The second kappa shape index (κ2) is 13.9. The maximum atomic E-state index is 11.3. The van der Waals surface area contributed by atoms with Gasteiger partial charge in [-0.25, -0.2) is 0 Å². The van der Waals surface area contributed by atoms with Gasteiger partial charge >= 0.3 is 125 Å². The topological polar surface area (TPSA) is 52.6 Å². The van der Waals surface area contributed by atoms with Gasteiger partial charge in [0.1, 0.15) is 0 Å². The minimum absolute atomic E-state index is 0.159. The SMILES string of the molecule is CCCCOC(=O)C[CH]=[Sn]=[CH]CC(=O)OCCCC. The summed E-state index contributed by atoms with van der Waals surface area (Å²) in [6, 6.07) is 0. The van der Waals surface area contributed by atoms with Crippen molar-refractivity contribution in [1.29, 1.82) is 0 Å². The zero-order valence-corrected chi connectivity index (χ0v) is 14.8. The summed E-state index contributed by atoms with van der Waals surface area (Å²) in [5, 5.41) is 0. The Balaban J connectivity index is 3.66. The molecule has 0 radical (unpaired) electrons. The number of ether oxygens (including phenoxy) is 2. The molecule has 0 aromatic carbocycles. The van der Waals surface area contributed by atoms with Gasteiger partial charge in [-0.05, 0) is 0 Å². The molecule has 0 aliphatic carbocycles. The Hall–Kier alpha value is -0.521. The van der Waals surface area contributed by atoms with Crippen molar-refractivity contribution < 1.29 is 19.1 Å². The number of carbonyl (C=O) groups is 2. The third kappa shape index (κ3) is 13.7. The number of hydrogen-bond acceptors (Lipinski definition) is 4. The molecule has 0 spiro atoms. The van der Waals surface area contributed by atoms with Crippen molar-refractivity contribution in [2.24, 2.45) is 0 Å². The fraction of sp³-hybridized carbons (Fsp3) is 0.714. The molecule has 0 unspecified atom stereocenters. The molecule has 0 amide bonds. The molecule has 0 atom stereocenters. The van der Waals surface area contributed by atoms with Crippen LogP contribution in [0.2, 0.25) is 0 Å². The van der Waals surface area contributed by atoms with Crippen LogP contribution in [0.5, 0.6) is 0 Å². The molecule has 0 rings (SSSR count). The molecule has 19 heavy (non-hydrogen) atoms. The number of rotatable bonds is 10. The summed E-state index contributed by atoms with van der Waals surface area (Å²) in [5.41, 5.74) is 0. The first-order valence-electron chi connectivity index (χ1n) is 6.91. The van der Waals surface area contributed by atoms with E-state index in [1.165, 1.54) is 0 Å². The van der Waals surface area contributed by atoms with Gasteiger partial charge in [0.25, 0.3) is 0 Å². The van der Waals surface area contributed by atoms with Gasteiger partial charge in [-0.2, -0.15) is 0 Å². The fourth-order valence-electron chi connectivity index (χ4n) is 1.15. The molecule has 0 aliphatic rings. The molecule has 0 aliphatic heterocycles. The van der Waals surface area contributed by atoms with Crippen LogP contribution in [0.25, 0.3) is 0 Å². The number of esters is 2. The standard InChI is InChI=1S/2C7H12O2.Sn/c2*1-3-5-6-9-7(8)4-2;/h2*2H,3-6H2,1H3;. The van der Waals surface area contributed by atoms with Crippen molar-refractivity contribution >= 4 is 40.2 Å². The Morgan fingerprint density at radius 3 is 1.68 bits per heavy atom. The van der Waals surface area contributed by atoms with Crippen molar-refractivity contribution in [3.63, 3.8) is 0 Å². The second-order valence-electron chi connectivity index (χ2n) is 4.13. The predicted octanol–water partition coefficient (Wildman–Crippen LogP) is 1.76. The number of carbonyl (C=O) groups excluding carboxylic acids is 2. The predicted molar refractivity (Wildman–Crippen MR) is 78.9 cm³/mol. The van der Waals surface area contributed by atoms with E-state index in [0.29, 0.717) is 26.1 Å². The summed E-state index contributed by atoms with van der Waals surface area (Å²) >= 11 is -0.852. The molecule has 0 bridgehead atoms. The van der Waals surface area contributed by atoms with E-state index in [4.69, 9.17) is 9.47 Å². The molecule has 0 saturated heterocycles. The van der Waals surface area contributed by atoms with Crippen LogP contribution in [0, 0.1) is 0 Å². The van der Waals surface area contributed by atoms with Gasteiger partial charge in [-0.1, -0.05) is 0 Å². The van der Waals surface area contributed by atoms with E-state index < -0.39 is 20.2 Å². The maximum absolute atomic E-state index is 11.3. The molecule has 0 heterocycles. The van der Waals surface area contributed by atoms with Gasteiger partial charge in [0.05, 0.1) is 0 Å². The zero-order valence-electron chi connectivity index (χ0n) is 11.9. The molecule has 5 heteroatoms. The first-order valence-corrected chi connectivity index (χ1v) is 10.2. The zero-order chi connectivity index (χ0) is 14.3. The normalized spacial score (nSPS) is 9.37. The Kier molecular flexibility index (Phi) is 13.5. The van der Waals surface area contributed by atoms with Gasteiger partial charge in [-0.15, -0.1) is 0 Å². The molecule has 108 valence electrons. The van der Waals surface area contributed by atoms with Crippen molar-refractivity contribution in [2.75, 3.05) is 13.2 Å². The Morgan fingerprint density at radius 2 is 1.32 bits per heavy atom. The summed E-state index contributed by atoms with van der Waals surface area (Å²) < 4.78 is 14.0. The van der Waals surface area contributed by atoms with Gasteiger partial charge in [0, 0.05) is 0 Å². The van der Waals surface area contributed by atoms with Crippen LogP contribution in [-0.4, -0.2) is 53.4 Å². The van der Waals surface area contributed by atoms with Gasteiger partial charge in [-0.3, -0.25) is 0 Å². The van der Waals surface area contributed by atoms with Crippen LogP contribution in [0.1, 0.15) is 52.4 Å². The summed E-state index contributed by atoms with van der Waals surface area (Å²) in [4.78, 5) is 22.5. The van der Waals surface area contributed by atoms with Gasteiger partial charge < -0.3 is 0 Å². The van der Waals surface area contributed by atoms with E-state index in [2.05, 4.69) is 13.8 Å². The van der Waals surface area contributed by atoms with Crippen LogP contribution in [-0.2, 0) is 19.1 Å². The second-order valence-corrected chi connectivity index (χ2v) is 7.41. The van der Waals surface area contributed by atoms with E-state index in [9.17, 15) is 9.59 Å². The fourth-order valence-corrected chi connectivity index (χ4v) is 3.25. The quantitative estimate of drug-likeness (QED) is 0.332. The molecule has 0 aromatic rings. The molecule has 4 nitrogen and oxygen atoms in total. The number of unbranched alkanes of at least 4 members (excludes halogenated alkanes) is 2. The van der Waals surface area contributed by atoms with E-state index >= 15 is 0 Å². The molecular formula is C14H24O4Sn. The molecule has 0 aromatic heterocycles. The Morgan fingerprint density at radius 1 is 0.895 bits per heavy atom. The van der Waals surface area contributed by atoms with Crippen LogP contribution >= 0.6 is 0 Å². The van der Waals surface area contributed by atoms with Gasteiger partial charge in [0.2, 0.25) is 0 Å². The third-order valence-electron chi connectivity index (χ3n) is 2.30. The summed E-state index contributed by atoms with van der Waals surface area (Å²) in [7, 11) is 0. The van der Waals surface area contributed by atoms with Crippen molar-refractivity contribution in [3.05, 3.63) is 0 Å². The van der Waals surface area contributed by atoms with Crippen LogP contribution < -0.4 is 0 Å². The molecule has 0 N–H and O–H groups in total.